The summed E-state index contributed by atoms with van der Waals surface area (Å²) >= 11 is 7.53. The summed E-state index contributed by atoms with van der Waals surface area (Å²) in [7, 11) is 0. The fourth-order valence-corrected chi connectivity index (χ4v) is 4.60. The van der Waals surface area contributed by atoms with Gasteiger partial charge in [-0.25, -0.2) is 8.78 Å². The van der Waals surface area contributed by atoms with Crippen molar-refractivity contribution in [1.29, 1.82) is 0 Å². The van der Waals surface area contributed by atoms with Crippen LogP contribution in [-0.4, -0.2) is 41.9 Å². The Kier molecular flexibility index (Phi) is 5.94. The molecule has 2 aromatic carbocycles. The summed E-state index contributed by atoms with van der Waals surface area (Å²) in [5.41, 5.74) is 1.39. The van der Waals surface area contributed by atoms with Gasteiger partial charge in [0.05, 0.1) is 4.88 Å². The Morgan fingerprint density at radius 1 is 0.966 bits per heavy atom. The van der Waals surface area contributed by atoms with Crippen molar-refractivity contribution in [3.05, 3.63) is 81.7 Å². The molecule has 1 aromatic heterocycles. The Balaban J connectivity index is 1.37. The van der Waals surface area contributed by atoms with Crippen LogP contribution in [-0.2, 0) is 6.54 Å². The summed E-state index contributed by atoms with van der Waals surface area (Å²) in [5.74, 6) is -0.592. The van der Waals surface area contributed by atoms with E-state index in [1.807, 2.05) is 17.0 Å². The predicted molar refractivity (Wildman–Crippen MR) is 112 cm³/mol. The van der Waals surface area contributed by atoms with Crippen molar-refractivity contribution in [3.63, 3.8) is 0 Å². The molecule has 0 atom stereocenters. The molecule has 0 spiro atoms. The van der Waals surface area contributed by atoms with Gasteiger partial charge in [0.2, 0.25) is 0 Å². The maximum absolute atomic E-state index is 14.0. The van der Waals surface area contributed by atoms with E-state index >= 15 is 0 Å². The van der Waals surface area contributed by atoms with Crippen LogP contribution in [0.25, 0.3) is 10.4 Å². The van der Waals surface area contributed by atoms with Crippen LogP contribution >= 0.6 is 22.9 Å². The Labute approximate surface area is 177 Å². The molecule has 1 fully saturated rings. The minimum absolute atomic E-state index is 0.00747. The van der Waals surface area contributed by atoms with Crippen molar-refractivity contribution in [2.75, 3.05) is 26.2 Å². The van der Waals surface area contributed by atoms with Crippen LogP contribution in [0.2, 0.25) is 5.02 Å². The number of rotatable bonds is 4. The average Bonchev–Trinajstić information content (AvgIpc) is 3.21. The van der Waals surface area contributed by atoms with Gasteiger partial charge >= 0.3 is 0 Å². The molecular weight excluding hydrogens is 414 g/mol. The molecule has 3 nitrogen and oxygen atoms in total. The third-order valence-corrected chi connectivity index (χ3v) is 6.52. The molecule has 150 valence electrons. The van der Waals surface area contributed by atoms with E-state index in [-0.39, 0.29) is 17.5 Å². The molecule has 0 unspecified atom stereocenters. The number of hydrogen-bond donors (Lipinski definition) is 0. The molecule has 0 aliphatic carbocycles. The lowest BCUT2D eigenvalue weighted by molar-refractivity contribution is 0.0632. The van der Waals surface area contributed by atoms with E-state index in [4.69, 9.17) is 11.6 Å². The maximum Gasteiger partial charge on any atom is 0.264 e. The minimum atomic E-state index is -0.303. The zero-order chi connectivity index (χ0) is 20.4. The fourth-order valence-electron chi connectivity index (χ4n) is 3.39. The van der Waals surface area contributed by atoms with Crippen molar-refractivity contribution in [1.82, 2.24) is 9.80 Å². The van der Waals surface area contributed by atoms with Crippen molar-refractivity contribution >= 4 is 28.8 Å². The maximum atomic E-state index is 14.0. The number of halogens is 3. The minimum Gasteiger partial charge on any atom is -0.335 e. The molecule has 0 N–H and O–H groups in total. The Hall–Kier alpha value is -2.28. The molecule has 1 aliphatic rings. The van der Waals surface area contributed by atoms with E-state index < -0.39 is 0 Å². The van der Waals surface area contributed by atoms with Gasteiger partial charge in [0, 0.05) is 48.2 Å². The van der Waals surface area contributed by atoms with E-state index in [0.29, 0.717) is 48.2 Å². The predicted octanol–water partition coefficient (Wildman–Crippen LogP) is 5.30. The second-order valence-electron chi connectivity index (χ2n) is 6.94. The number of carbonyl (C=O) groups excluding carboxylic acids is 1. The smallest absolute Gasteiger partial charge is 0.264 e. The molecule has 2 heterocycles. The van der Waals surface area contributed by atoms with Gasteiger partial charge in [-0.3, -0.25) is 9.69 Å². The molecule has 1 aliphatic heterocycles. The number of nitrogens with zero attached hydrogens (tertiary/aromatic N) is 2. The highest BCUT2D eigenvalue weighted by Crippen LogP contribution is 2.29. The first kappa shape index (κ1) is 20.0. The first-order valence-electron chi connectivity index (χ1n) is 9.31. The van der Waals surface area contributed by atoms with E-state index in [2.05, 4.69) is 4.90 Å². The zero-order valence-corrected chi connectivity index (χ0v) is 17.1. The summed E-state index contributed by atoms with van der Waals surface area (Å²) in [6, 6.07) is 14.7. The topological polar surface area (TPSA) is 23.6 Å². The molecule has 1 amide bonds. The molecule has 0 bridgehead atoms. The van der Waals surface area contributed by atoms with Crippen LogP contribution in [0.3, 0.4) is 0 Å². The van der Waals surface area contributed by atoms with Gasteiger partial charge in [0.25, 0.3) is 5.91 Å². The Morgan fingerprint density at radius 2 is 1.69 bits per heavy atom. The summed E-state index contributed by atoms with van der Waals surface area (Å²) in [6.45, 7) is 2.91. The van der Waals surface area contributed by atoms with Gasteiger partial charge < -0.3 is 4.90 Å². The highest BCUT2D eigenvalue weighted by atomic mass is 35.5. The number of benzene rings is 2. The molecule has 7 heteroatoms. The van der Waals surface area contributed by atoms with Crippen molar-refractivity contribution in [2.24, 2.45) is 0 Å². The van der Waals surface area contributed by atoms with Crippen LogP contribution in [0.5, 0.6) is 0 Å². The van der Waals surface area contributed by atoms with Crippen molar-refractivity contribution in [2.45, 2.75) is 6.54 Å². The molecule has 29 heavy (non-hydrogen) atoms. The van der Waals surface area contributed by atoms with E-state index in [1.54, 1.807) is 24.3 Å². The summed E-state index contributed by atoms with van der Waals surface area (Å²) in [6.07, 6.45) is 0. The Morgan fingerprint density at radius 3 is 2.38 bits per heavy atom. The SMILES string of the molecule is O=C(c1ccc(-c2ccc(F)cc2)s1)N1CCN(Cc2c(F)cccc2Cl)CC1. The first-order valence-corrected chi connectivity index (χ1v) is 10.5. The summed E-state index contributed by atoms with van der Waals surface area (Å²) in [4.78, 5) is 18.4. The molecular formula is C22H19ClF2N2OS. The van der Waals surface area contributed by atoms with Gasteiger partial charge in [-0.15, -0.1) is 11.3 Å². The number of carbonyl (C=O) groups is 1. The van der Waals surface area contributed by atoms with Gasteiger partial charge in [-0.1, -0.05) is 29.8 Å². The van der Waals surface area contributed by atoms with Gasteiger partial charge in [-0.2, -0.15) is 0 Å². The van der Waals surface area contributed by atoms with Crippen LogP contribution in [0, 0.1) is 11.6 Å². The van der Waals surface area contributed by atoms with E-state index in [0.717, 1.165) is 10.4 Å². The van der Waals surface area contributed by atoms with Gasteiger partial charge in [-0.05, 0) is 42.0 Å². The number of hydrogen-bond acceptors (Lipinski definition) is 3. The largest absolute Gasteiger partial charge is 0.335 e. The second kappa shape index (κ2) is 8.61. The van der Waals surface area contributed by atoms with E-state index in [1.165, 1.54) is 29.5 Å². The summed E-state index contributed by atoms with van der Waals surface area (Å²) < 4.78 is 27.1. The molecule has 3 aromatic rings. The third kappa shape index (κ3) is 4.50. The van der Waals surface area contributed by atoms with Crippen LogP contribution in [0.1, 0.15) is 15.2 Å². The zero-order valence-electron chi connectivity index (χ0n) is 15.6. The summed E-state index contributed by atoms with van der Waals surface area (Å²) in [5, 5.41) is 0.426. The quantitative estimate of drug-likeness (QED) is 0.558. The number of amides is 1. The van der Waals surface area contributed by atoms with Crippen LogP contribution < -0.4 is 0 Å². The van der Waals surface area contributed by atoms with E-state index in [9.17, 15) is 13.6 Å². The molecule has 4 rings (SSSR count). The lowest BCUT2D eigenvalue weighted by Gasteiger charge is -2.34. The molecule has 1 saturated heterocycles. The third-order valence-electron chi connectivity index (χ3n) is 5.05. The van der Waals surface area contributed by atoms with Gasteiger partial charge in [0.1, 0.15) is 11.6 Å². The number of thiophene rings is 1. The van der Waals surface area contributed by atoms with Gasteiger partial charge in [0.15, 0.2) is 0 Å². The highest BCUT2D eigenvalue weighted by Gasteiger charge is 2.24. The lowest BCUT2D eigenvalue weighted by Crippen LogP contribution is -2.48. The average molecular weight is 433 g/mol. The lowest BCUT2D eigenvalue weighted by atomic mass is 10.1. The highest BCUT2D eigenvalue weighted by molar-refractivity contribution is 7.17. The second-order valence-corrected chi connectivity index (χ2v) is 8.43. The van der Waals surface area contributed by atoms with Crippen LogP contribution in [0.4, 0.5) is 8.78 Å². The monoisotopic (exact) mass is 432 g/mol. The van der Waals surface area contributed by atoms with Crippen molar-refractivity contribution in [3.8, 4) is 10.4 Å². The molecule has 0 radical (unpaired) electrons. The first-order chi connectivity index (χ1) is 14.0. The van der Waals surface area contributed by atoms with Crippen molar-refractivity contribution < 1.29 is 13.6 Å². The van der Waals surface area contributed by atoms with Crippen LogP contribution in [0.15, 0.2) is 54.6 Å². The normalized spacial score (nSPS) is 14.9. The Bertz CT molecular complexity index is 994. The fraction of sp³-hybridized carbons (Fsp3) is 0.227. The standard InChI is InChI=1S/C22H19ClF2N2OS/c23-18-2-1-3-19(25)17(18)14-26-10-12-27(13-11-26)22(28)21-9-8-20(29-21)15-4-6-16(24)7-5-15/h1-9H,10-14H2. The molecule has 0 saturated carbocycles. The number of piperazine rings is 1.